The molecule has 9 nitrogen and oxygen atoms in total. The number of amides is 2. The molecule has 10 heteroatoms. The summed E-state index contributed by atoms with van der Waals surface area (Å²) in [7, 11) is 0. The zero-order chi connectivity index (χ0) is 16.7. The van der Waals surface area contributed by atoms with E-state index in [9.17, 15) is 9.59 Å². The van der Waals surface area contributed by atoms with E-state index in [4.69, 9.17) is 9.47 Å². The Labute approximate surface area is 140 Å². The summed E-state index contributed by atoms with van der Waals surface area (Å²) in [5, 5.41) is 10.1. The van der Waals surface area contributed by atoms with Crippen LogP contribution in [0.4, 0.5) is 11.6 Å². The number of nitrogens with zero attached hydrogens (tertiary/aromatic N) is 3. The molecule has 2 aromatic rings. The number of rotatable bonds is 4. The molecule has 1 aromatic carbocycles. The van der Waals surface area contributed by atoms with Gasteiger partial charge in [0.2, 0.25) is 23.8 Å². The number of nitrogens with one attached hydrogen (secondary N) is 2. The predicted octanol–water partition coefficient (Wildman–Crippen LogP) is 1.25. The zero-order valence-electron chi connectivity index (χ0n) is 12.6. The first-order valence-electron chi connectivity index (χ1n) is 7.15. The first kappa shape index (κ1) is 14.8. The van der Waals surface area contributed by atoms with Gasteiger partial charge in [0.1, 0.15) is 6.04 Å². The molecule has 0 aliphatic carbocycles. The third-order valence-corrected chi connectivity index (χ3v) is 4.20. The van der Waals surface area contributed by atoms with E-state index in [1.54, 1.807) is 18.2 Å². The molecule has 0 fully saturated rings. The highest BCUT2D eigenvalue weighted by molar-refractivity contribution is 7.98. The Kier molecular flexibility index (Phi) is 3.53. The molecule has 0 bridgehead atoms. The van der Waals surface area contributed by atoms with Gasteiger partial charge in [-0.2, -0.15) is 4.98 Å². The van der Waals surface area contributed by atoms with Gasteiger partial charge >= 0.3 is 0 Å². The van der Waals surface area contributed by atoms with Crippen molar-refractivity contribution in [3.8, 4) is 11.5 Å². The first-order valence-corrected chi connectivity index (χ1v) is 8.37. The van der Waals surface area contributed by atoms with Crippen LogP contribution in [0.25, 0.3) is 0 Å². The minimum absolute atomic E-state index is 0.0372. The van der Waals surface area contributed by atoms with Gasteiger partial charge in [-0.1, -0.05) is 11.8 Å². The van der Waals surface area contributed by atoms with E-state index in [1.165, 1.54) is 16.4 Å². The van der Waals surface area contributed by atoms with Crippen molar-refractivity contribution in [1.29, 1.82) is 0 Å². The summed E-state index contributed by atoms with van der Waals surface area (Å²) in [5.74, 6) is 0.987. The average Bonchev–Trinajstić information content (AvgIpc) is 3.23. The molecule has 3 heterocycles. The molecule has 124 valence electrons. The molecule has 2 aliphatic rings. The number of aromatic nitrogens is 3. The number of hydrogen-bond donors (Lipinski definition) is 2. The Balaban J connectivity index is 1.46. The minimum Gasteiger partial charge on any atom is -0.454 e. The van der Waals surface area contributed by atoms with E-state index in [1.807, 2.05) is 6.26 Å². The van der Waals surface area contributed by atoms with Gasteiger partial charge in [-0.25, -0.2) is 4.68 Å². The van der Waals surface area contributed by atoms with Crippen LogP contribution < -0.4 is 20.1 Å². The van der Waals surface area contributed by atoms with Crippen LogP contribution in [-0.2, 0) is 9.59 Å². The molecule has 1 atom stereocenters. The fourth-order valence-electron chi connectivity index (χ4n) is 2.54. The Morgan fingerprint density at radius 1 is 1.46 bits per heavy atom. The highest BCUT2D eigenvalue weighted by Crippen LogP contribution is 2.34. The predicted molar refractivity (Wildman–Crippen MR) is 85.3 cm³/mol. The molecule has 2 amide bonds. The van der Waals surface area contributed by atoms with Gasteiger partial charge in [-0.15, -0.1) is 5.10 Å². The van der Waals surface area contributed by atoms with E-state index in [0.717, 1.165) is 0 Å². The van der Waals surface area contributed by atoms with Crippen LogP contribution in [0.5, 0.6) is 11.5 Å². The number of benzene rings is 1. The van der Waals surface area contributed by atoms with Crippen LogP contribution in [0.1, 0.15) is 12.5 Å². The van der Waals surface area contributed by atoms with Crippen LogP contribution in [0.2, 0.25) is 0 Å². The standard InChI is InChI=1S/C14H13N5O4S/c1-24-14-17-13-16-12(21)8(19(13)18-14)5-11(20)15-7-2-3-9-10(4-7)23-6-22-9/h2-4,8H,5-6H2,1H3,(H,15,20)(H,16,17,18,21)/t8-/m1/s1. The minimum atomic E-state index is -0.706. The zero-order valence-corrected chi connectivity index (χ0v) is 13.4. The summed E-state index contributed by atoms with van der Waals surface area (Å²) >= 11 is 1.37. The smallest absolute Gasteiger partial charge is 0.252 e. The quantitative estimate of drug-likeness (QED) is 0.802. The van der Waals surface area contributed by atoms with Crippen LogP contribution in [0.3, 0.4) is 0 Å². The molecule has 1 aromatic heterocycles. The van der Waals surface area contributed by atoms with E-state index in [2.05, 4.69) is 20.7 Å². The maximum absolute atomic E-state index is 12.3. The summed E-state index contributed by atoms with van der Waals surface area (Å²) in [6, 6.07) is 4.41. The Morgan fingerprint density at radius 2 is 2.29 bits per heavy atom. The number of hydrogen-bond acceptors (Lipinski definition) is 7. The molecule has 0 radical (unpaired) electrons. The molecule has 0 spiro atoms. The highest BCUT2D eigenvalue weighted by Gasteiger charge is 2.35. The van der Waals surface area contributed by atoms with Gasteiger partial charge in [-0.3, -0.25) is 14.9 Å². The van der Waals surface area contributed by atoms with Gasteiger partial charge in [0.15, 0.2) is 11.5 Å². The molecular weight excluding hydrogens is 334 g/mol. The van der Waals surface area contributed by atoms with Crippen molar-refractivity contribution in [2.24, 2.45) is 0 Å². The van der Waals surface area contributed by atoms with Crippen molar-refractivity contribution in [2.45, 2.75) is 17.6 Å². The number of anilines is 2. The summed E-state index contributed by atoms with van der Waals surface area (Å²) in [5.41, 5.74) is 0.575. The third kappa shape index (κ3) is 2.54. The second-order valence-electron chi connectivity index (χ2n) is 5.19. The summed E-state index contributed by atoms with van der Waals surface area (Å²) < 4.78 is 11.9. The molecule has 0 saturated carbocycles. The number of ether oxygens (including phenoxy) is 2. The number of fused-ring (bicyclic) bond motifs is 2. The molecule has 0 saturated heterocycles. The van der Waals surface area contributed by atoms with Gasteiger partial charge in [-0.05, 0) is 18.4 Å². The summed E-state index contributed by atoms with van der Waals surface area (Å²) in [6.07, 6.45) is 1.80. The number of carbonyl (C=O) groups is 2. The Bertz CT molecular complexity index is 837. The van der Waals surface area contributed by atoms with Crippen LogP contribution >= 0.6 is 11.8 Å². The van der Waals surface area contributed by atoms with Crippen molar-refractivity contribution >= 4 is 35.2 Å². The molecule has 4 rings (SSSR count). The normalized spacial score (nSPS) is 17.5. The van der Waals surface area contributed by atoms with Crippen LogP contribution in [0, 0.1) is 0 Å². The molecule has 2 N–H and O–H groups in total. The number of carbonyl (C=O) groups excluding carboxylic acids is 2. The van der Waals surface area contributed by atoms with Gasteiger partial charge in [0.05, 0.1) is 6.42 Å². The molecule has 2 aliphatic heterocycles. The lowest BCUT2D eigenvalue weighted by atomic mass is 10.2. The average molecular weight is 347 g/mol. The van der Waals surface area contributed by atoms with E-state index in [-0.39, 0.29) is 25.0 Å². The molecule has 24 heavy (non-hydrogen) atoms. The van der Waals surface area contributed by atoms with Crippen molar-refractivity contribution < 1.29 is 19.1 Å². The lowest BCUT2D eigenvalue weighted by molar-refractivity contribution is -0.123. The third-order valence-electron chi connectivity index (χ3n) is 3.66. The Hall–Kier alpha value is -2.75. The largest absolute Gasteiger partial charge is 0.454 e. The fraction of sp³-hybridized carbons (Fsp3) is 0.286. The van der Waals surface area contributed by atoms with Gasteiger partial charge in [0.25, 0.3) is 5.91 Å². The van der Waals surface area contributed by atoms with E-state index >= 15 is 0 Å². The van der Waals surface area contributed by atoms with Crippen LogP contribution in [-0.4, -0.2) is 39.6 Å². The maximum Gasteiger partial charge on any atom is 0.252 e. The van der Waals surface area contributed by atoms with Crippen molar-refractivity contribution in [3.63, 3.8) is 0 Å². The van der Waals surface area contributed by atoms with Crippen molar-refractivity contribution in [1.82, 2.24) is 14.8 Å². The highest BCUT2D eigenvalue weighted by atomic mass is 32.2. The lowest BCUT2D eigenvalue weighted by Crippen LogP contribution is -2.23. The monoisotopic (exact) mass is 347 g/mol. The van der Waals surface area contributed by atoms with Gasteiger partial charge in [0, 0.05) is 11.8 Å². The first-order chi connectivity index (χ1) is 11.6. The second-order valence-corrected chi connectivity index (χ2v) is 5.97. The summed E-state index contributed by atoms with van der Waals surface area (Å²) in [4.78, 5) is 28.4. The van der Waals surface area contributed by atoms with Crippen molar-refractivity contribution in [3.05, 3.63) is 18.2 Å². The van der Waals surface area contributed by atoms with Crippen LogP contribution in [0.15, 0.2) is 23.4 Å². The topological polar surface area (TPSA) is 107 Å². The fourth-order valence-corrected chi connectivity index (χ4v) is 2.89. The summed E-state index contributed by atoms with van der Waals surface area (Å²) in [6.45, 7) is 0.168. The SMILES string of the molecule is CSc1nc2n(n1)[C@H](CC(=O)Nc1ccc3c(c1)OCO3)C(=O)N2. The van der Waals surface area contributed by atoms with Crippen molar-refractivity contribution in [2.75, 3.05) is 23.7 Å². The maximum atomic E-state index is 12.3. The van der Waals surface area contributed by atoms with Gasteiger partial charge < -0.3 is 14.8 Å². The molecular formula is C14H13N5O4S. The Morgan fingerprint density at radius 3 is 3.12 bits per heavy atom. The second kappa shape index (κ2) is 5.71. The lowest BCUT2D eigenvalue weighted by Gasteiger charge is -2.10. The van der Waals surface area contributed by atoms with E-state index in [0.29, 0.717) is 28.3 Å². The molecule has 0 unspecified atom stereocenters. The van der Waals surface area contributed by atoms with E-state index < -0.39 is 6.04 Å². The number of thioether (sulfide) groups is 1.